The second kappa shape index (κ2) is 4.91. The molecule has 0 aliphatic carbocycles. The molecule has 4 heteroatoms. The highest BCUT2D eigenvalue weighted by molar-refractivity contribution is 5.65. The molecule has 0 atom stereocenters. The Bertz CT molecular complexity index is 837. The first-order valence-electron chi connectivity index (χ1n) is 6.98. The summed E-state index contributed by atoms with van der Waals surface area (Å²) in [6.45, 7) is 2.23. The van der Waals surface area contributed by atoms with Crippen LogP contribution in [0.2, 0.25) is 0 Å². The third-order valence-corrected chi connectivity index (χ3v) is 3.75. The van der Waals surface area contributed by atoms with Gasteiger partial charge in [0.1, 0.15) is 5.82 Å². The fourth-order valence-corrected chi connectivity index (χ4v) is 2.67. The number of benzene rings is 2. The molecule has 109 valence electrons. The minimum atomic E-state index is -0.245. The minimum Gasteiger partial charge on any atom is -0.454 e. The molecule has 0 unspecified atom stereocenters. The van der Waals surface area contributed by atoms with E-state index in [1.165, 1.54) is 12.1 Å². The van der Waals surface area contributed by atoms with Crippen LogP contribution in [0.3, 0.4) is 0 Å². The van der Waals surface area contributed by atoms with Gasteiger partial charge in [-0.25, -0.2) is 4.39 Å². The number of ether oxygens (including phenoxy) is 2. The van der Waals surface area contributed by atoms with E-state index in [1.807, 2.05) is 31.2 Å². The average molecular weight is 294 g/mol. The molecule has 0 spiro atoms. The Morgan fingerprint density at radius 2 is 1.82 bits per heavy atom. The fourth-order valence-electron chi connectivity index (χ4n) is 2.67. The minimum absolute atomic E-state index is 0.245. The molecular formula is C18H13FNO2. The van der Waals surface area contributed by atoms with Gasteiger partial charge in [-0.1, -0.05) is 0 Å². The van der Waals surface area contributed by atoms with Gasteiger partial charge >= 0.3 is 0 Å². The van der Waals surface area contributed by atoms with Crippen LogP contribution >= 0.6 is 0 Å². The number of nitrogens with zero attached hydrogens (tertiary/aromatic N) is 1. The van der Waals surface area contributed by atoms with Crippen molar-refractivity contribution in [3.05, 3.63) is 66.1 Å². The van der Waals surface area contributed by atoms with Crippen molar-refractivity contribution in [2.45, 2.75) is 6.92 Å². The quantitative estimate of drug-likeness (QED) is 0.709. The van der Waals surface area contributed by atoms with Gasteiger partial charge in [0, 0.05) is 23.5 Å². The molecule has 4 rings (SSSR count). The van der Waals surface area contributed by atoms with Gasteiger partial charge in [0.25, 0.3) is 0 Å². The standard InChI is InChI=1S/C18H13FNO2/c1-12-2-8-16(13-3-5-14(19)6-4-13)20(12)15-7-9-17-18(10-15)22-11-21-17/h3-10H,11H2,1H3. The maximum absolute atomic E-state index is 13.1. The van der Waals surface area contributed by atoms with Crippen LogP contribution in [0.25, 0.3) is 16.9 Å². The van der Waals surface area contributed by atoms with Gasteiger partial charge in [-0.05, 0) is 55.0 Å². The summed E-state index contributed by atoms with van der Waals surface area (Å²) in [5.74, 6) is 1.24. The van der Waals surface area contributed by atoms with Crippen LogP contribution in [0.5, 0.6) is 11.5 Å². The Kier molecular flexibility index (Phi) is 2.89. The summed E-state index contributed by atoms with van der Waals surface area (Å²) in [7, 11) is 0. The van der Waals surface area contributed by atoms with E-state index in [0.717, 1.165) is 34.1 Å². The highest BCUT2D eigenvalue weighted by Gasteiger charge is 2.16. The molecule has 2 heterocycles. The number of rotatable bonds is 2. The van der Waals surface area contributed by atoms with Gasteiger partial charge in [0.2, 0.25) is 6.79 Å². The van der Waals surface area contributed by atoms with Gasteiger partial charge in [0.15, 0.2) is 11.5 Å². The van der Waals surface area contributed by atoms with Crippen LogP contribution in [0.1, 0.15) is 5.69 Å². The summed E-state index contributed by atoms with van der Waals surface area (Å²) in [5, 5.41) is 0. The van der Waals surface area contributed by atoms with Crippen LogP contribution in [-0.2, 0) is 0 Å². The number of halogens is 1. The van der Waals surface area contributed by atoms with E-state index in [2.05, 4.69) is 10.6 Å². The van der Waals surface area contributed by atoms with E-state index in [-0.39, 0.29) is 12.6 Å². The molecule has 0 amide bonds. The molecule has 0 fully saturated rings. The molecule has 1 aliphatic rings. The van der Waals surface area contributed by atoms with Crippen molar-refractivity contribution in [3.63, 3.8) is 0 Å². The number of aromatic nitrogens is 1. The van der Waals surface area contributed by atoms with E-state index in [9.17, 15) is 4.39 Å². The second-order valence-corrected chi connectivity index (χ2v) is 5.14. The normalized spacial score (nSPS) is 12.6. The zero-order valence-corrected chi connectivity index (χ0v) is 12.0. The molecule has 3 nitrogen and oxygen atoms in total. The molecule has 1 aromatic heterocycles. The SMILES string of the molecule is Cc1[c]cc(-c2ccc(F)cc2)n1-c1ccc2c(c1)OCO2. The van der Waals surface area contributed by atoms with Crippen molar-refractivity contribution in [3.8, 4) is 28.4 Å². The number of aryl methyl sites for hydroxylation is 1. The van der Waals surface area contributed by atoms with E-state index in [0.29, 0.717) is 0 Å². The van der Waals surface area contributed by atoms with Crippen LogP contribution in [-0.4, -0.2) is 11.4 Å². The first kappa shape index (κ1) is 13.0. The lowest BCUT2D eigenvalue weighted by Crippen LogP contribution is -1.99. The van der Waals surface area contributed by atoms with Crippen LogP contribution in [0.4, 0.5) is 4.39 Å². The second-order valence-electron chi connectivity index (χ2n) is 5.14. The summed E-state index contributed by atoms with van der Waals surface area (Å²) in [6.07, 6.45) is 0. The zero-order chi connectivity index (χ0) is 15.1. The molecule has 0 saturated carbocycles. The highest BCUT2D eigenvalue weighted by Crippen LogP contribution is 2.35. The lowest BCUT2D eigenvalue weighted by Gasteiger charge is -2.12. The lowest BCUT2D eigenvalue weighted by molar-refractivity contribution is 0.174. The topological polar surface area (TPSA) is 23.4 Å². The van der Waals surface area contributed by atoms with Crippen molar-refractivity contribution in [1.82, 2.24) is 4.57 Å². The third kappa shape index (κ3) is 2.04. The van der Waals surface area contributed by atoms with Crippen LogP contribution in [0, 0.1) is 18.8 Å². The predicted octanol–water partition coefficient (Wildman–Crippen LogP) is 4.12. The molecule has 1 aliphatic heterocycles. The Labute approximate surface area is 127 Å². The van der Waals surface area contributed by atoms with Gasteiger partial charge in [0.05, 0.1) is 5.69 Å². The van der Waals surface area contributed by atoms with E-state index in [4.69, 9.17) is 9.47 Å². The maximum atomic E-state index is 13.1. The van der Waals surface area contributed by atoms with Gasteiger partial charge in [-0.3, -0.25) is 0 Å². The number of fused-ring (bicyclic) bond motifs is 1. The fraction of sp³-hybridized carbons (Fsp3) is 0.111. The Morgan fingerprint density at radius 1 is 1.05 bits per heavy atom. The van der Waals surface area contributed by atoms with Gasteiger partial charge < -0.3 is 14.0 Å². The molecule has 3 aromatic rings. The maximum Gasteiger partial charge on any atom is 0.231 e. The summed E-state index contributed by atoms with van der Waals surface area (Å²) < 4.78 is 26.0. The molecule has 0 saturated heterocycles. The summed E-state index contributed by atoms with van der Waals surface area (Å²) in [5.41, 5.74) is 3.82. The molecular weight excluding hydrogens is 281 g/mol. The van der Waals surface area contributed by atoms with Crippen molar-refractivity contribution < 1.29 is 13.9 Å². The molecule has 1 radical (unpaired) electrons. The Hall–Kier alpha value is -2.75. The average Bonchev–Trinajstić information content (AvgIpc) is 3.13. The molecule has 22 heavy (non-hydrogen) atoms. The first-order valence-corrected chi connectivity index (χ1v) is 6.98. The largest absolute Gasteiger partial charge is 0.454 e. The Morgan fingerprint density at radius 3 is 2.64 bits per heavy atom. The van der Waals surface area contributed by atoms with E-state index in [1.54, 1.807) is 12.1 Å². The first-order chi connectivity index (χ1) is 10.7. The monoisotopic (exact) mass is 294 g/mol. The number of hydrogen-bond acceptors (Lipinski definition) is 2. The van der Waals surface area contributed by atoms with E-state index < -0.39 is 0 Å². The molecule has 0 N–H and O–H groups in total. The molecule has 2 aromatic carbocycles. The molecule has 0 bridgehead atoms. The third-order valence-electron chi connectivity index (χ3n) is 3.75. The predicted molar refractivity (Wildman–Crippen MR) is 80.9 cm³/mol. The van der Waals surface area contributed by atoms with Crippen molar-refractivity contribution in [2.75, 3.05) is 6.79 Å². The highest BCUT2D eigenvalue weighted by atomic mass is 19.1. The lowest BCUT2D eigenvalue weighted by atomic mass is 10.1. The summed E-state index contributed by atoms with van der Waals surface area (Å²) in [6, 6.07) is 17.4. The van der Waals surface area contributed by atoms with Crippen molar-refractivity contribution in [2.24, 2.45) is 0 Å². The van der Waals surface area contributed by atoms with Crippen LogP contribution < -0.4 is 9.47 Å². The van der Waals surface area contributed by atoms with Crippen molar-refractivity contribution in [1.29, 1.82) is 0 Å². The van der Waals surface area contributed by atoms with Crippen molar-refractivity contribution >= 4 is 0 Å². The zero-order valence-electron chi connectivity index (χ0n) is 12.0. The number of hydrogen-bond donors (Lipinski definition) is 0. The van der Waals surface area contributed by atoms with Crippen LogP contribution in [0.15, 0.2) is 48.5 Å². The smallest absolute Gasteiger partial charge is 0.231 e. The summed E-state index contributed by atoms with van der Waals surface area (Å²) in [4.78, 5) is 0. The van der Waals surface area contributed by atoms with Gasteiger partial charge in [-0.15, -0.1) is 0 Å². The van der Waals surface area contributed by atoms with E-state index >= 15 is 0 Å². The summed E-state index contributed by atoms with van der Waals surface area (Å²) >= 11 is 0. The Balaban J connectivity index is 1.85. The van der Waals surface area contributed by atoms with Gasteiger partial charge in [-0.2, -0.15) is 0 Å².